The summed E-state index contributed by atoms with van der Waals surface area (Å²) in [6.45, 7) is 2.19. The summed E-state index contributed by atoms with van der Waals surface area (Å²) in [4.78, 5) is 13.1. The number of nitrogens with two attached hydrogens (primary N) is 1. The molecule has 9 heteroatoms. The number of ether oxygens (including phenoxy) is 1. The fraction of sp³-hybridized carbons (Fsp3) is 0.190. The van der Waals surface area contributed by atoms with Crippen molar-refractivity contribution in [3.8, 4) is 23.2 Å². The predicted molar refractivity (Wildman–Crippen MR) is 108 cm³/mol. The first-order chi connectivity index (χ1) is 14.5. The number of benzene rings is 1. The van der Waals surface area contributed by atoms with Gasteiger partial charge in [0.15, 0.2) is 23.9 Å². The molecule has 30 heavy (non-hydrogen) atoms. The molecule has 148 valence electrons. The standard InChI is InChI=1S/C21H16FN7O/c1-12-16-7-14(22)2-3-15(16)21-25-4-5-28(21)11-29-10-27-17(8-23)19(29)13-6-18(30-12)20(24)26-9-13/h2-7,9-10,12,17,24H,11H2,1H3/p+1/t12-,17?/m1/s1. The van der Waals surface area contributed by atoms with Gasteiger partial charge in [0.2, 0.25) is 0 Å². The zero-order valence-electron chi connectivity index (χ0n) is 16.0. The van der Waals surface area contributed by atoms with Crippen molar-refractivity contribution in [1.29, 1.82) is 5.26 Å². The van der Waals surface area contributed by atoms with E-state index in [0.717, 1.165) is 5.56 Å². The number of halogens is 1. The Balaban J connectivity index is 1.78. The van der Waals surface area contributed by atoms with Crippen molar-refractivity contribution in [2.75, 3.05) is 5.73 Å². The molecule has 3 aromatic rings. The number of nitriles is 1. The second-order valence-electron chi connectivity index (χ2n) is 7.11. The van der Waals surface area contributed by atoms with Gasteiger partial charge in [-0.25, -0.2) is 18.9 Å². The minimum absolute atomic E-state index is 0.210. The van der Waals surface area contributed by atoms with E-state index in [2.05, 4.69) is 21.0 Å². The molecule has 0 amide bonds. The van der Waals surface area contributed by atoms with E-state index < -0.39 is 12.1 Å². The number of aliphatic imine (C=N–C) groups is 1. The molecule has 2 bridgehead atoms. The second kappa shape index (κ2) is 6.77. The topological polar surface area (TPSA) is 105 Å². The van der Waals surface area contributed by atoms with Gasteiger partial charge in [0.05, 0.1) is 0 Å². The number of aromatic nitrogens is 3. The van der Waals surface area contributed by atoms with Crippen molar-refractivity contribution in [3.63, 3.8) is 0 Å². The molecule has 0 aliphatic carbocycles. The Morgan fingerprint density at radius 3 is 3.03 bits per heavy atom. The van der Waals surface area contributed by atoms with E-state index in [4.69, 9.17) is 10.5 Å². The van der Waals surface area contributed by atoms with Crippen LogP contribution in [-0.4, -0.2) is 37.2 Å². The zero-order valence-corrected chi connectivity index (χ0v) is 16.0. The highest BCUT2D eigenvalue weighted by Crippen LogP contribution is 2.34. The van der Waals surface area contributed by atoms with Crippen LogP contribution >= 0.6 is 0 Å². The highest BCUT2D eigenvalue weighted by molar-refractivity contribution is 6.06. The SMILES string of the molecule is C[C@H]1Oc2cc(cnc2N)C2=[N+](C=NC2C#N)Cn2ccnc2-c2ccc(F)cc21. The molecule has 0 spiro atoms. The van der Waals surface area contributed by atoms with Crippen molar-refractivity contribution >= 4 is 17.9 Å². The fourth-order valence-corrected chi connectivity index (χ4v) is 3.82. The Morgan fingerprint density at radius 1 is 1.33 bits per heavy atom. The van der Waals surface area contributed by atoms with Crippen molar-refractivity contribution in [1.82, 2.24) is 14.5 Å². The predicted octanol–water partition coefficient (Wildman–Crippen LogP) is 2.51. The second-order valence-corrected chi connectivity index (χ2v) is 7.11. The van der Waals surface area contributed by atoms with E-state index in [1.807, 2.05) is 22.3 Å². The molecular formula is C21H17FN7O+. The third-order valence-corrected chi connectivity index (χ3v) is 5.24. The number of hydrogen-bond donors (Lipinski definition) is 1. The van der Waals surface area contributed by atoms with Crippen molar-refractivity contribution in [3.05, 3.63) is 59.8 Å². The summed E-state index contributed by atoms with van der Waals surface area (Å²) in [5.41, 5.74) is 8.79. The Kier molecular flexibility index (Phi) is 4.06. The van der Waals surface area contributed by atoms with Gasteiger partial charge in [0.25, 0.3) is 12.4 Å². The molecule has 0 saturated heterocycles. The fourth-order valence-electron chi connectivity index (χ4n) is 3.82. The largest absolute Gasteiger partial charge is 0.482 e. The molecule has 0 fully saturated rings. The quantitative estimate of drug-likeness (QED) is 0.582. The van der Waals surface area contributed by atoms with Gasteiger partial charge in [-0.3, -0.25) is 4.57 Å². The number of nitrogens with zero attached hydrogens (tertiary/aromatic N) is 6. The van der Waals surface area contributed by atoms with Crippen LogP contribution in [0.25, 0.3) is 11.4 Å². The average molecular weight is 402 g/mol. The molecule has 1 unspecified atom stereocenters. The smallest absolute Gasteiger partial charge is 0.286 e. The van der Waals surface area contributed by atoms with Crippen molar-refractivity contribution in [2.45, 2.75) is 25.7 Å². The third-order valence-electron chi connectivity index (χ3n) is 5.24. The van der Waals surface area contributed by atoms with E-state index >= 15 is 0 Å². The number of hydrogen-bond acceptors (Lipinski definition) is 6. The molecule has 2 atom stereocenters. The first-order valence-corrected chi connectivity index (χ1v) is 9.35. The van der Waals surface area contributed by atoms with Crippen LogP contribution in [0, 0.1) is 17.1 Å². The lowest BCUT2D eigenvalue weighted by Crippen LogP contribution is -2.26. The van der Waals surface area contributed by atoms with Crippen LogP contribution in [0.4, 0.5) is 10.2 Å². The number of anilines is 1. The first kappa shape index (κ1) is 18.0. The van der Waals surface area contributed by atoms with E-state index in [1.54, 1.807) is 30.9 Å². The Morgan fingerprint density at radius 2 is 2.20 bits per heavy atom. The maximum atomic E-state index is 14.1. The third kappa shape index (κ3) is 2.81. The maximum Gasteiger partial charge on any atom is 0.286 e. The van der Waals surface area contributed by atoms with Gasteiger partial charge >= 0.3 is 0 Å². The molecule has 1 aromatic carbocycles. The lowest BCUT2D eigenvalue weighted by molar-refractivity contribution is -0.432. The van der Waals surface area contributed by atoms with Gasteiger partial charge in [0.1, 0.15) is 23.8 Å². The summed E-state index contributed by atoms with van der Waals surface area (Å²) in [5, 5.41) is 9.59. The summed E-state index contributed by atoms with van der Waals surface area (Å²) in [6.07, 6.45) is 6.22. The number of imidazole rings is 1. The van der Waals surface area contributed by atoms with Gasteiger partial charge < -0.3 is 10.5 Å². The summed E-state index contributed by atoms with van der Waals surface area (Å²) >= 11 is 0. The molecule has 0 saturated carbocycles. The molecule has 2 N–H and O–H groups in total. The van der Waals surface area contributed by atoms with Crippen LogP contribution in [-0.2, 0) is 6.67 Å². The van der Waals surface area contributed by atoms with Gasteiger partial charge in [-0.05, 0) is 31.2 Å². The Bertz CT molecular complexity index is 1270. The van der Waals surface area contributed by atoms with Crippen LogP contribution in [0.1, 0.15) is 24.2 Å². The molecule has 2 aromatic heterocycles. The Hall–Kier alpha value is -4.06. The molecule has 2 aliphatic heterocycles. The van der Waals surface area contributed by atoms with E-state index in [1.165, 1.54) is 12.1 Å². The van der Waals surface area contributed by atoms with Crippen LogP contribution in [0.3, 0.4) is 0 Å². The van der Waals surface area contributed by atoms with Crippen LogP contribution < -0.4 is 10.5 Å². The molecule has 0 radical (unpaired) electrons. The minimum Gasteiger partial charge on any atom is -0.482 e. The van der Waals surface area contributed by atoms with Gasteiger partial charge in [-0.1, -0.05) is 4.99 Å². The monoisotopic (exact) mass is 402 g/mol. The zero-order chi connectivity index (χ0) is 20.8. The Labute approximate surface area is 171 Å². The number of nitrogen functional groups attached to an aromatic ring is 1. The van der Waals surface area contributed by atoms with Crippen LogP contribution in [0.2, 0.25) is 0 Å². The molecular weight excluding hydrogens is 385 g/mol. The summed E-state index contributed by atoms with van der Waals surface area (Å²) < 4.78 is 24.0. The number of fused-ring (bicyclic) bond motifs is 6. The normalized spacial score (nSPS) is 19.6. The lowest BCUT2D eigenvalue weighted by Gasteiger charge is -2.21. The van der Waals surface area contributed by atoms with E-state index in [0.29, 0.717) is 35.1 Å². The first-order valence-electron chi connectivity index (χ1n) is 9.35. The van der Waals surface area contributed by atoms with Gasteiger partial charge in [-0.2, -0.15) is 5.26 Å². The summed E-state index contributed by atoms with van der Waals surface area (Å²) in [6, 6.07) is 7.81. The van der Waals surface area contributed by atoms with Crippen LogP contribution in [0.5, 0.6) is 5.75 Å². The van der Waals surface area contributed by atoms with Crippen LogP contribution in [0.15, 0.2) is 47.8 Å². The molecule has 5 rings (SSSR count). The highest BCUT2D eigenvalue weighted by atomic mass is 19.1. The molecule has 8 nitrogen and oxygen atoms in total. The van der Waals surface area contributed by atoms with E-state index in [-0.39, 0.29) is 11.6 Å². The maximum absolute atomic E-state index is 14.1. The number of pyridine rings is 1. The van der Waals surface area contributed by atoms with Gasteiger partial charge in [0, 0.05) is 35.3 Å². The molecule has 2 aliphatic rings. The minimum atomic E-state index is -0.669. The van der Waals surface area contributed by atoms with Crippen molar-refractivity contribution in [2.24, 2.45) is 4.99 Å². The van der Waals surface area contributed by atoms with Crippen molar-refractivity contribution < 1.29 is 13.7 Å². The highest BCUT2D eigenvalue weighted by Gasteiger charge is 2.34. The average Bonchev–Trinajstić information content (AvgIpc) is 3.36. The molecule has 4 heterocycles. The number of rotatable bonds is 0. The van der Waals surface area contributed by atoms with Gasteiger partial charge in [-0.15, -0.1) is 0 Å². The van der Waals surface area contributed by atoms with E-state index in [9.17, 15) is 9.65 Å². The summed E-state index contributed by atoms with van der Waals surface area (Å²) in [7, 11) is 0. The lowest BCUT2D eigenvalue weighted by atomic mass is 10.0. The summed E-state index contributed by atoms with van der Waals surface area (Å²) in [5.74, 6) is 0.856.